The molecule has 1 heterocycles. The summed E-state index contributed by atoms with van der Waals surface area (Å²) in [4.78, 5) is 20.3. The third-order valence-corrected chi connectivity index (χ3v) is 1.61. The smallest absolute Gasteiger partial charge is 0.390 e. The van der Waals surface area contributed by atoms with Gasteiger partial charge in [-0.2, -0.15) is 4.68 Å². The molecule has 0 aromatic carbocycles. The van der Waals surface area contributed by atoms with Crippen LogP contribution in [-0.2, 0) is 6.54 Å². The van der Waals surface area contributed by atoms with E-state index in [-0.39, 0.29) is 5.69 Å². The predicted molar refractivity (Wildman–Crippen MR) is 46.1 cm³/mol. The Kier molecular flexibility index (Phi) is 2.80. The summed E-state index contributed by atoms with van der Waals surface area (Å²) in [7, 11) is 0. The Bertz CT molecular complexity index is 371. The molecule has 0 bridgehead atoms. The largest absolute Gasteiger partial charge is 0.476 e. The van der Waals surface area contributed by atoms with E-state index in [0.717, 1.165) is 10.7 Å². The van der Waals surface area contributed by atoms with Gasteiger partial charge in [0.2, 0.25) is 0 Å². The number of nitrogens with zero attached hydrogens (tertiary/aromatic N) is 3. The first kappa shape index (κ1) is 10.2. The molecule has 0 radical (unpaired) electrons. The highest BCUT2D eigenvalue weighted by atomic mass is 16.6. The van der Waals surface area contributed by atoms with Crippen LogP contribution < -0.4 is 0 Å². The van der Waals surface area contributed by atoms with Crippen molar-refractivity contribution in [1.29, 1.82) is 0 Å². The van der Waals surface area contributed by atoms with Gasteiger partial charge in [-0.05, 0) is 11.3 Å². The van der Waals surface area contributed by atoms with Crippen molar-refractivity contribution in [3.05, 3.63) is 21.9 Å². The highest BCUT2D eigenvalue weighted by molar-refractivity contribution is 5.86. The molecular weight excluding hydrogens is 190 g/mol. The number of carbonyl (C=O) groups is 1. The minimum Gasteiger partial charge on any atom is -0.476 e. The van der Waals surface area contributed by atoms with E-state index in [0.29, 0.717) is 13.0 Å². The normalized spacial score (nSPS) is 10.1. The van der Waals surface area contributed by atoms with Gasteiger partial charge in [0.1, 0.15) is 0 Å². The number of aromatic carboxylic acids is 1. The molecule has 1 aromatic rings. The van der Waals surface area contributed by atoms with Crippen molar-refractivity contribution in [3.63, 3.8) is 0 Å². The fourth-order valence-electron chi connectivity index (χ4n) is 1.05. The van der Waals surface area contributed by atoms with Crippen molar-refractivity contribution in [2.45, 2.75) is 19.9 Å². The molecule has 1 N–H and O–H groups in total. The van der Waals surface area contributed by atoms with Crippen LogP contribution in [0.5, 0.6) is 0 Å². The molecular formula is C7H9N3O4. The van der Waals surface area contributed by atoms with Crippen LogP contribution in [0.4, 0.5) is 5.82 Å². The van der Waals surface area contributed by atoms with Crippen molar-refractivity contribution in [3.8, 4) is 0 Å². The number of hydrogen-bond donors (Lipinski definition) is 1. The van der Waals surface area contributed by atoms with E-state index in [1.54, 1.807) is 0 Å². The maximum atomic E-state index is 10.6. The minimum absolute atomic E-state index is 0.154. The van der Waals surface area contributed by atoms with Gasteiger partial charge in [0.15, 0.2) is 5.69 Å². The SMILES string of the molecule is CCCn1nc([N+](=O)[O-])cc1C(=O)O. The molecule has 76 valence electrons. The van der Waals surface area contributed by atoms with Crippen LogP contribution in [0.2, 0.25) is 0 Å². The average molecular weight is 199 g/mol. The summed E-state index contributed by atoms with van der Waals surface area (Å²) in [6, 6.07) is 0.956. The van der Waals surface area contributed by atoms with Gasteiger partial charge in [0.25, 0.3) is 0 Å². The van der Waals surface area contributed by atoms with Crippen LogP contribution in [0, 0.1) is 10.1 Å². The van der Waals surface area contributed by atoms with Crippen molar-refractivity contribution in [1.82, 2.24) is 9.78 Å². The maximum absolute atomic E-state index is 10.6. The number of carboxylic acids is 1. The number of aryl methyl sites for hydroxylation is 1. The van der Waals surface area contributed by atoms with E-state index in [4.69, 9.17) is 5.11 Å². The molecule has 0 saturated heterocycles. The van der Waals surface area contributed by atoms with Gasteiger partial charge in [-0.3, -0.25) is 0 Å². The number of aromatic nitrogens is 2. The van der Waals surface area contributed by atoms with Crippen molar-refractivity contribution < 1.29 is 14.8 Å². The standard InChI is InChI=1S/C7H9N3O4/c1-2-3-9-5(7(11)12)4-6(8-9)10(13)14/h4H,2-3H2,1H3,(H,11,12). The molecule has 0 aliphatic carbocycles. The Morgan fingerprint density at radius 2 is 2.43 bits per heavy atom. The summed E-state index contributed by atoms with van der Waals surface area (Å²) >= 11 is 0. The van der Waals surface area contributed by atoms with Gasteiger partial charge in [-0.15, -0.1) is 0 Å². The molecule has 0 unspecified atom stereocenters. The molecule has 0 aliphatic rings. The lowest BCUT2D eigenvalue weighted by atomic mass is 10.4. The first-order valence-corrected chi connectivity index (χ1v) is 4.01. The lowest BCUT2D eigenvalue weighted by molar-refractivity contribution is -0.389. The van der Waals surface area contributed by atoms with Gasteiger partial charge in [-0.1, -0.05) is 6.92 Å². The van der Waals surface area contributed by atoms with Crippen molar-refractivity contribution in [2.75, 3.05) is 0 Å². The molecule has 0 aliphatic heterocycles. The molecule has 7 nitrogen and oxygen atoms in total. The fraction of sp³-hybridized carbons (Fsp3) is 0.429. The lowest BCUT2D eigenvalue weighted by Crippen LogP contribution is -2.09. The summed E-state index contributed by atoms with van der Waals surface area (Å²) in [6.45, 7) is 2.19. The topological polar surface area (TPSA) is 98.3 Å². The summed E-state index contributed by atoms with van der Waals surface area (Å²) < 4.78 is 1.13. The second-order valence-electron chi connectivity index (χ2n) is 2.67. The van der Waals surface area contributed by atoms with Gasteiger partial charge in [-0.25, -0.2) is 4.79 Å². The molecule has 1 aromatic heterocycles. The van der Waals surface area contributed by atoms with Crippen molar-refractivity contribution in [2.24, 2.45) is 0 Å². The number of carboxylic acid groups (broad SMARTS) is 1. The van der Waals surface area contributed by atoms with Crippen LogP contribution in [-0.4, -0.2) is 25.8 Å². The monoisotopic (exact) mass is 199 g/mol. The van der Waals surface area contributed by atoms with Crippen LogP contribution in [0.1, 0.15) is 23.8 Å². The molecule has 0 fully saturated rings. The summed E-state index contributed by atoms with van der Waals surface area (Å²) in [5.41, 5.74) is -0.154. The van der Waals surface area contributed by atoms with Crippen molar-refractivity contribution >= 4 is 11.8 Å². The summed E-state index contributed by atoms with van der Waals surface area (Å²) in [5.74, 6) is -1.64. The molecule has 0 saturated carbocycles. The Balaban J connectivity index is 3.12. The first-order chi connectivity index (χ1) is 6.56. The van der Waals surface area contributed by atoms with E-state index < -0.39 is 16.7 Å². The number of rotatable bonds is 4. The molecule has 0 amide bonds. The Hall–Kier alpha value is -1.92. The van der Waals surface area contributed by atoms with Crippen LogP contribution in [0.25, 0.3) is 0 Å². The number of hydrogen-bond acceptors (Lipinski definition) is 4. The fourth-order valence-corrected chi connectivity index (χ4v) is 1.05. The second kappa shape index (κ2) is 3.86. The highest BCUT2D eigenvalue weighted by Crippen LogP contribution is 2.12. The molecule has 0 spiro atoms. The molecule has 1 rings (SSSR count). The van der Waals surface area contributed by atoms with E-state index in [1.807, 2.05) is 6.92 Å². The number of nitro groups is 1. The van der Waals surface area contributed by atoms with Gasteiger partial charge >= 0.3 is 11.8 Å². The molecule has 0 atom stereocenters. The summed E-state index contributed by atoms with van der Waals surface area (Å²) in [5, 5.41) is 22.6. The molecule has 7 heteroatoms. The zero-order chi connectivity index (χ0) is 10.7. The molecule has 14 heavy (non-hydrogen) atoms. The van der Waals surface area contributed by atoms with E-state index in [2.05, 4.69) is 5.10 Å². The quantitative estimate of drug-likeness (QED) is 0.573. The Labute approximate surface area is 79.1 Å². The third kappa shape index (κ3) is 1.87. The van der Waals surface area contributed by atoms with E-state index in [9.17, 15) is 14.9 Å². The zero-order valence-electron chi connectivity index (χ0n) is 7.51. The average Bonchev–Trinajstić information content (AvgIpc) is 2.49. The van der Waals surface area contributed by atoms with Gasteiger partial charge in [0, 0.05) is 0 Å². The first-order valence-electron chi connectivity index (χ1n) is 4.01. The maximum Gasteiger partial charge on any atom is 0.390 e. The Morgan fingerprint density at radius 3 is 2.86 bits per heavy atom. The summed E-state index contributed by atoms with van der Waals surface area (Å²) in [6.07, 6.45) is 0.666. The van der Waals surface area contributed by atoms with Crippen LogP contribution >= 0.6 is 0 Å². The Morgan fingerprint density at radius 1 is 1.79 bits per heavy atom. The zero-order valence-corrected chi connectivity index (χ0v) is 7.51. The van der Waals surface area contributed by atoms with E-state index in [1.165, 1.54) is 0 Å². The predicted octanol–water partition coefficient (Wildman–Crippen LogP) is 0.899. The highest BCUT2D eigenvalue weighted by Gasteiger charge is 2.21. The van der Waals surface area contributed by atoms with E-state index >= 15 is 0 Å². The van der Waals surface area contributed by atoms with Gasteiger partial charge in [0.05, 0.1) is 17.7 Å². The van der Waals surface area contributed by atoms with Gasteiger partial charge < -0.3 is 15.2 Å². The lowest BCUT2D eigenvalue weighted by Gasteiger charge is -1.94. The third-order valence-electron chi connectivity index (χ3n) is 1.61. The minimum atomic E-state index is -1.21. The second-order valence-corrected chi connectivity index (χ2v) is 2.67. The van der Waals surface area contributed by atoms with Crippen LogP contribution in [0.15, 0.2) is 6.07 Å². The van der Waals surface area contributed by atoms with Crippen LogP contribution in [0.3, 0.4) is 0 Å².